The number of anilines is 1. The van der Waals surface area contributed by atoms with Crippen LogP contribution in [0.3, 0.4) is 0 Å². The number of benzene rings is 3. The van der Waals surface area contributed by atoms with Crippen molar-refractivity contribution in [2.24, 2.45) is 16.3 Å². The van der Waals surface area contributed by atoms with Crippen molar-refractivity contribution < 1.29 is 9.53 Å². The van der Waals surface area contributed by atoms with Crippen LogP contribution >= 0.6 is 38.9 Å². The first-order valence-electron chi connectivity index (χ1n) is 13.4. The maximum atomic E-state index is 13.6. The Balaban J connectivity index is 1.36. The third kappa shape index (κ3) is 7.03. The number of amides is 1. The van der Waals surface area contributed by atoms with Crippen molar-refractivity contribution in [3.8, 4) is 5.75 Å². The van der Waals surface area contributed by atoms with Gasteiger partial charge in [-0.15, -0.1) is 11.3 Å². The number of halogens is 2. The Morgan fingerprint density at radius 3 is 2.45 bits per heavy atom. The molecule has 0 fully saturated rings. The summed E-state index contributed by atoms with van der Waals surface area (Å²) in [4.78, 5) is 19.7. The fraction of sp³-hybridized carbons (Fsp3) is 0.273. The number of carbonyl (C=O) groups is 1. The van der Waals surface area contributed by atoms with Gasteiger partial charge in [-0.05, 0) is 108 Å². The lowest BCUT2D eigenvalue weighted by Gasteiger charge is -2.33. The van der Waals surface area contributed by atoms with E-state index < -0.39 is 0 Å². The normalized spacial score (nSPS) is 15.2. The molecule has 1 N–H and O–H groups in total. The molecule has 0 bridgehead atoms. The number of rotatable bonds is 7. The third-order valence-electron chi connectivity index (χ3n) is 7.33. The highest BCUT2D eigenvalue weighted by molar-refractivity contribution is 9.10. The van der Waals surface area contributed by atoms with Gasteiger partial charge in [-0.25, -0.2) is 4.99 Å². The second-order valence-corrected chi connectivity index (χ2v) is 13.6. The molecular weight excluding hydrogens is 604 g/mol. The largest absolute Gasteiger partial charge is 0.489 e. The first-order valence-corrected chi connectivity index (χ1v) is 15.4. The highest BCUT2D eigenvalue weighted by Crippen LogP contribution is 2.45. The van der Waals surface area contributed by atoms with Crippen molar-refractivity contribution in [2.45, 2.75) is 46.6 Å². The van der Waals surface area contributed by atoms with E-state index in [4.69, 9.17) is 21.3 Å². The molecule has 3 aromatic carbocycles. The van der Waals surface area contributed by atoms with Crippen LogP contribution < -0.4 is 10.1 Å². The highest BCUT2D eigenvalue weighted by Gasteiger charge is 2.33. The monoisotopic (exact) mass is 634 g/mol. The number of hydrogen-bond acceptors (Lipinski definition) is 4. The number of nitrogens with zero attached hydrogens (tertiary/aromatic N) is 1. The predicted molar refractivity (Wildman–Crippen MR) is 171 cm³/mol. The lowest BCUT2D eigenvalue weighted by Crippen LogP contribution is -2.27. The summed E-state index contributed by atoms with van der Waals surface area (Å²) in [6.07, 6.45) is 4.76. The number of ether oxygens (including phenoxy) is 1. The molecule has 206 valence electrons. The molecule has 0 unspecified atom stereocenters. The molecule has 1 amide bonds. The van der Waals surface area contributed by atoms with Crippen molar-refractivity contribution in [3.63, 3.8) is 0 Å². The Labute approximate surface area is 253 Å². The van der Waals surface area contributed by atoms with E-state index in [1.54, 1.807) is 23.5 Å². The van der Waals surface area contributed by atoms with E-state index in [1.165, 1.54) is 4.88 Å². The molecule has 0 aliphatic heterocycles. The fourth-order valence-corrected chi connectivity index (χ4v) is 6.55. The molecule has 4 aromatic rings. The van der Waals surface area contributed by atoms with Gasteiger partial charge in [0.05, 0.1) is 5.56 Å². The van der Waals surface area contributed by atoms with E-state index in [1.807, 2.05) is 66.9 Å². The van der Waals surface area contributed by atoms with Crippen LogP contribution in [0, 0.1) is 11.3 Å². The van der Waals surface area contributed by atoms with E-state index in [0.717, 1.165) is 51.2 Å². The van der Waals surface area contributed by atoms with Crippen LogP contribution in [0.2, 0.25) is 5.02 Å². The molecule has 40 heavy (non-hydrogen) atoms. The standard InChI is InChI=1S/C33H32BrClN2O2S/c1-33(2,3)23-8-17-28-29(18-23)40-32(30(28)31(38)37-26-13-11-25(35)12-14-26)36-19-21-6-15-27(16-7-21)39-20-22-4-9-24(34)10-5-22/h4-7,9-16,19,23H,8,17-18,20H2,1-3H3,(H,37,38)/t23-/m0/s1. The summed E-state index contributed by atoms with van der Waals surface area (Å²) >= 11 is 11.1. The van der Waals surface area contributed by atoms with Crippen molar-refractivity contribution in [1.82, 2.24) is 0 Å². The van der Waals surface area contributed by atoms with Gasteiger partial charge in [0.2, 0.25) is 0 Å². The van der Waals surface area contributed by atoms with E-state index in [9.17, 15) is 4.79 Å². The number of fused-ring (bicyclic) bond motifs is 1. The summed E-state index contributed by atoms with van der Waals surface area (Å²) in [6.45, 7) is 7.41. The maximum Gasteiger partial charge on any atom is 0.259 e. The molecule has 1 atom stereocenters. The summed E-state index contributed by atoms with van der Waals surface area (Å²) in [5.74, 6) is 1.24. The second kappa shape index (κ2) is 12.3. The molecule has 0 saturated heterocycles. The first kappa shape index (κ1) is 28.6. The SMILES string of the molecule is CC(C)(C)[C@H]1CCc2c(sc(N=Cc3ccc(OCc4ccc(Br)cc4)cc3)c2C(=O)Nc2ccc(Cl)cc2)C1. The Bertz CT molecular complexity index is 1500. The molecule has 0 spiro atoms. The molecule has 1 aromatic heterocycles. The fourth-order valence-electron chi connectivity index (χ4n) is 4.89. The molecule has 4 nitrogen and oxygen atoms in total. The second-order valence-electron chi connectivity index (χ2n) is 11.2. The van der Waals surface area contributed by atoms with Gasteiger partial charge in [0, 0.05) is 26.3 Å². The van der Waals surface area contributed by atoms with Crippen LogP contribution in [0.15, 0.2) is 82.3 Å². The summed E-state index contributed by atoms with van der Waals surface area (Å²) in [5, 5.41) is 4.44. The zero-order valence-corrected chi connectivity index (χ0v) is 26.0. The summed E-state index contributed by atoms with van der Waals surface area (Å²) in [6, 6.07) is 23.1. The number of thiophene rings is 1. The molecule has 0 radical (unpaired) electrons. The maximum absolute atomic E-state index is 13.6. The molecule has 0 saturated carbocycles. The smallest absolute Gasteiger partial charge is 0.259 e. The average molecular weight is 636 g/mol. The minimum Gasteiger partial charge on any atom is -0.489 e. The quantitative estimate of drug-likeness (QED) is 0.206. The predicted octanol–water partition coefficient (Wildman–Crippen LogP) is 9.90. The van der Waals surface area contributed by atoms with Gasteiger partial charge >= 0.3 is 0 Å². The van der Waals surface area contributed by atoms with Gasteiger partial charge in [0.25, 0.3) is 5.91 Å². The molecule has 5 rings (SSSR count). The Morgan fingerprint density at radius 2 is 1.77 bits per heavy atom. The molecular formula is C33H32BrClN2O2S. The number of aliphatic imine (C=N–C) groups is 1. The average Bonchev–Trinajstić information content (AvgIpc) is 3.31. The van der Waals surface area contributed by atoms with Crippen LogP contribution in [0.4, 0.5) is 10.7 Å². The first-order chi connectivity index (χ1) is 19.2. The van der Waals surface area contributed by atoms with Crippen molar-refractivity contribution in [3.05, 3.63) is 109 Å². The lowest BCUT2D eigenvalue weighted by atomic mass is 9.72. The number of hydrogen-bond donors (Lipinski definition) is 1. The molecule has 1 aliphatic rings. The van der Waals surface area contributed by atoms with Gasteiger partial charge in [0.15, 0.2) is 0 Å². The van der Waals surface area contributed by atoms with Gasteiger partial charge in [-0.1, -0.05) is 60.4 Å². The van der Waals surface area contributed by atoms with Gasteiger partial charge < -0.3 is 10.1 Å². The molecule has 1 heterocycles. The summed E-state index contributed by atoms with van der Waals surface area (Å²) in [7, 11) is 0. The zero-order valence-electron chi connectivity index (χ0n) is 22.8. The van der Waals surface area contributed by atoms with Gasteiger partial charge in [-0.2, -0.15) is 0 Å². The van der Waals surface area contributed by atoms with E-state index in [2.05, 4.69) is 42.0 Å². The Morgan fingerprint density at radius 1 is 1.07 bits per heavy atom. The lowest BCUT2D eigenvalue weighted by molar-refractivity contribution is 0.102. The van der Waals surface area contributed by atoms with Crippen LogP contribution in [-0.2, 0) is 19.4 Å². The van der Waals surface area contributed by atoms with E-state index in [-0.39, 0.29) is 11.3 Å². The van der Waals surface area contributed by atoms with E-state index >= 15 is 0 Å². The summed E-state index contributed by atoms with van der Waals surface area (Å²) in [5.41, 5.74) is 4.81. The van der Waals surface area contributed by atoms with E-state index in [0.29, 0.717) is 28.8 Å². The Hall–Kier alpha value is -2.93. The Kier molecular flexibility index (Phi) is 8.79. The van der Waals surface area contributed by atoms with Crippen molar-refractivity contribution in [1.29, 1.82) is 0 Å². The minimum atomic E-state index is -0.127. The zero-order chi connectivity index (χ0) is 28.3. The third-order valence-corrected chi connectivity index (χ3v) is 9.27. The molecule has 1 aliphatic carbocycles. The van der Waals surface area contributed by atoms with Crippen molar-refractivity contribution in [2.75, 3.05) is 5.32 Å². The minimum absolute atomic E-state index is 0.127. The molecule has 7 heteroatoms. The van der Waals surface area contributed by atoms with Gasteiger partial charge in [0.1, 0.15) is 17.4 Å². The van der Waals surface area contributed by atoms with Crippen molar-refractivity contribution >= 4 is 61.7 Å². The van der Waals surface area contributed by atoms with Crippen LogP contribution in [0.1, 0.15) is 59.1 Å². The highest BCUT2D eigenvalue weighted by atomic mass is 79.9. The number of carbonyl (C=O) groups excluding carboxylic acids is 1. The van der Waals surface area contributed by atoms with Crippen LogP contribution in [0.5, 0.6) is 5.75 Å². The van der Waals surface area contributed by atoms with Crippen LogP contribution in [0.25, 0.3) is 0 Å². The van der Waals surface area contributed by atoms with Crippen LogP contribution in [-0.4, -0.2) is 12.1 Å². The summed E-state index contributed by atoms with van der Waals surface area (Å²) < 4.78 is 6.99. The van der Waals surface area contributed by atoms with Gasteiger partial charge in [-0.3, -0.25) is 4.79 Å². The number of nitrogens with one attached hydrogen (secondary N) is 1. The topological polar surface area (TPSA) is 50.7 Å².